The maximum atomic E-state index is 12.0. The van der Waals surface area contributed by atoms with Crippen molar-refractivity contribution in [3.05, 3.63) is 59.4 Å². The van der Waals surface area contributed by atoms with Crippen molar-refractivity contribution in [1.82, 2.24) is 10.3 Å². The number of aromatic nitrogens is 1. The number of aromatic amines is 1. The van der Waals surface area contributed by atoms with Gasteiger partial charge in [0.2, 0.25) is 5.91 Å². The zero-order valence-corrected chi connectivity index (χ0v) is 11.9. The molecule has 0 saturated carbocycles. The van der Waals surface area contributed by atoms with Crippen LogP contribution in [0.1, 0.15) is 29.7 Å². The van der Waals surface area contributed by atoms with Crippen LogP contribution in [0, 0.1) is 0 Å². The Labute approximate surface area is 124 Å². The molecule has 3 N–H and O–H groups in total. The summed E-state index contributed by atoms with van der Waals surface area (Å²) in [6, 6.07) is 11.7. The van der Waals surface area contributed by atoms with E-state index in [-0.39, 0.29) is 12.5 Å². The Bertz CT molecular complexity index is 621. The number of aliphatic hydroxyl groups is 1. The fourth-order valence-corrected chi connectivity index (χ4v) is 3.04. The first-order chi connectivity index (χ1) is 10.2. The number of rotatable bonds is 4. The Morgan fingerprint density at radius 3 is 2.95 bits per heavy atom. The fourth-order valence-electron chi connectivity index (χ4n) is 3.04. The van der Waals surface area contributed by atoms with Crippen LogP contribution in [0.2, 0.25) is 0 Å². The summed E-state index contributed by atoms with van der Waals surface area (Å²) in [4.78, 5) is 15.0. The predicted octanol–water partition coefficient (Wildman–Crippen LogP) is 1.90. The zero-order chi connectivity index (χ0) is 14.7. The summed E-state index contributed by atoms with van der Waals surface area (Å²) in [6.45, 7) is 0.267. The number of carbonyl (C=O) groups excluding carboxylic acids is 1. The van der Waals surface area contributed by atoms with E-state index in [0.717, 1.165) is 24.1 Å². The van der Waals surface area contributed by atoms with Gasteiger partial charge in [0.15, 0.2) is 0 Å². The van der Waals surface area contributed by atoms with Gasteiger partial charge in [0, 0.05) is 11.9 Å². The predicted molar refractivity (Wildman–Crippen MR) is 80.8 cm³/mol. The maximum absolute atomic E-state index is 12.0. The van der Waals surface area contributed by atoms with E-state index in [9.17, 15) is 9.90 Å². The Morgan fingerprint density at radius 2 is 2.14 bits per heavy atom. The van der Waals surface area contributed by atoms with Gasteiger partial charge in [-0.1, -0.05) is 24.3 Å². The van der Waals surface area contributed by atoms with Gasteiger partial charge in [0.25, 0.3) is 0 Å². The molecule has 1 aliphatic rings. The molecule has 1 atom stereocenters. The van der Waals surface area contributed by atoms with Crippen molar-refractivity contribution in [3.63, 3.8) is 0 Å². The van der Waals surface area contributed by atoms with E-state index in [1.54, 1.807) is 6.20 Å². The van der Waals surface area contributed by atoms with E-state index in [2.05, 4.69) is 16.4 Å². The Balaban J connectivity index is 1.66. The third kappa shape index (κ3) is 3.00. The van der Waals surface area contributed by atoms with Crippen molar-refractivity contribution in [2.45, 2.75) is 31.3 Å². The molecule has 3 rings (SSSR count). The van der Waals surface area contributed by atoms with E-state index >= 15 is 0 Å². The van der Waals surface area contributed by atoms with Gasteiger partial charge in [-0.15, -0.1) is 0 Å². The number of fused-ring (bicyclic) bond motifs is 1. The molecule has 1 aromatic heterocycles. The molecular weight excluding hydrogens is 264 g/mol. The molecule has 1 heterocycles. The highest BCUT2D eigenvalue weighted by molar-refractivity contribution is 5.78. The molecule has 110 valence electrons. The molecule has 0 radical (unpaired) electrons. The standard InChI is InChI=1S/C17H20N2O2/c20-16(11-14-7-4-10-18-14)19-12-17(21)9-3-6-13-5-1-2-8-15(13)17/h1-2,4-5,7-8,10,18,21H,3,6,9,11-12H2,(H,19,20). The highest BCUT2D eigenvalue weighted by Gasteiger charge is 2.34. The van der Waals surface area contributed by atoms with E-state index in [1.807, 2.05) is 30.3 Å². The van der Waals surface area contributed by atoms with Crippen LogP contribution < -0.4 is 5.32 Å². The number of carbonyl (C=O) groups is 1. The van der Waals surface area contributed by atoms with Crippen LogP contribution >= 0.6 is 0 Å². The van der Waals surface area contributed by atoms with Crippen LogP contribution in [0.15, 0.2) is 42.6 Å². The second-order valence-corrected chi connectivity index (χ2v) is 5.69. The molecule has 2 aromatic rings. The minimum atomic E-state index is -0.944. The average molecular weight is 284 g/mol. The molecule has 0 bridgehead atoms. The fraction of sp³-hybridized carbons (Fsp3) is 0.353. The first kappa shape index (κ1) is 13.9. The SMILES string of the molecule is O=C(Cc1ccc[nH]1)NCC1(O)CCCc2ccccc21. The number of aryl methyl sites for hydroxylation is 1. The molecule has 0 saturated heterocycles. The third-order valence-corrected chi connectivity index (χ3v) is 4.15. The number of hydrogen-bond acceptors (Lipinski definition) is 2. The van der Waals surface area contributed by atoms with Crippen molar-refractivity contribution in [2.75, 3.05) is 6.54 Å². The van der Waals surface area contributed by atoms with Crippen LogP contribution in [0.3, 0.4) is 0 Å². The largest absolute Gasteiger partial charge is 0.383 e. The maximum Gasteiger partial charge on any atom is 0.226 e. The topological polar surface area (TPSA) is 65.1 Å². The quantitative estimate of drug-likeness (QED) is 0.803. The first-order valence-corrected chi connectivity index (χ1v) is 7.37. The van der Waals surface area contributed by atoms with E-state index in [4.69, 9.17) is 0 Å². The third-order valence-electron chi connectivity index (χ3n) is 4.15. The van der Waals surface area contributed by atoms with Gasteiger partial charge in [0.1, 0.15) is 5.60 Å². The van der Waals surface area contributed by atoms with Gasteiger partial charge in [-0.2, -0.15) is 0 Å². The normalized spacial score (nSPS) is 20.8. The van der Waals surface area contributed by atoms with Gasteiger partial charge in [0.05, 0.1) is 13.0 Å². The highest BCUT2D eigenvalue weighted by Crippen LogP contribution is 2.34. The molecule has 0 aliphatic heterocycles. The van der Waals surface area contributed by atoms with Crippen molar-refractivity contribution in [2.24, 2.45) is 0 Å². The molecule has 1 aliphatic carbocycles. The summed E-state index contributed by atoms with van der Waals surface area (Å²) in [5, 5.41) is 13.7. The van der Waals surface area contributed by atoms with Crippen LogP contribution in [-0.4, -0.2) is 22.5 Å². The second kappa shape index (κ2) is 5.74. The van der Waals surface area contributed by atoms with E-state index in [0.29, 0.717) is 12.8 Å². The van der Waals surface area contributed by atoms with Crippen LogP contribution in [0.5, 0.6) is 0 Å². The monoisotopic (exact) mass is 284 g/mol. The molecule has 0 fully saturated rings. The minimum absolute atomic E-state index is 0.0751. The number of nitrogens with one attached hydrogen (secondary N) is 2. The van der Waals surface area contributed by atoms with E-state index < -0.39 is 5.60 Å². The molecule has 4 nitrogen and oxygen atoms in total. The Kier molecular flexibility index (Phi) is 3.80. The smallest absolute Gasteiger partial charge is 0.226 e. The molecule has 4 heteroatoms. The van der Waals surface area contributed by atoms with Crippen LogP contribution in [0.25, 0.3) is 0 Å². The number of benzene rings is 1. The lowest BCUT2D eigenvalue weighted by molar-refractivity contribution is -0.122. The van der Waals surface area contributed by atoms with Gasteiger partial charge >= 0.3 is 0 Å². The minimum Gasteiger partial charge on any atom is -0.383 e. The number of hydrogen-bond donors (Lipinski definition) is 3. The number of H-pyrrole nitrogens is 1. The Morgan fingerprint density at radius 1 is 1.29 bits per heavy atom. The van der Waals surface area contributed by atoms with Gasteiger partial charge in [-0.25, -0.2) is 0 Å². The summed E-state index contributed by atoms with van der Waals surface area (Å²) >= 11 is 0. The van der Waals surface area contributed by atoms with Crippen LogP contribution in [-0.2, 0) is 23.2 Å². The summed E-state index contributed by atoms with van der Waals surface area (Å²) in [5.41, 5.74) is 2.07. The lowest BCUT2D eigenvalue weighted by Gasteiger charge is -2.34. The molecule has 1 aromatic carbocycles. The summed E-state index contributed by atoms with van der Waals surface area (Å²) in [7, 11) is 0. The molecule has 1 amide bonds. The van der Waals surface area contributed by atoms with Crippen molar-refractivity contribution < 1.29 is 9.90 Å². The summed E-state index contributed by atoms with van der Waals surface area (Å²) in [5.74, 6) is -0.0751. The van der Waals surface area contributed by atoms with Crippen molar-refractivity contribution in [3.8, 4) is 0 Å². The van der Waals surface area contributed by atoms with Crippen molar-refractivity contribution in [1.29, 1.82) is 0 Å². The molecule has 0 spiro atoms. The molecular formula is C17H20N2O2. The van der Waals surface area contributed by atoms with Gasteiger partial charge in [-0.05, 0) is 42.5 Å². The van der Waals surface area contributed by atoms with Gasteiger partial charge < -0.3 is 15.4 Å². The Hall–Kier alpha value is -2.07. The lowest BCUT2D eigenvalue weighted by Crippen LogP contribution is -2.43. The molecule has 1 unspecified atom stereocenters. The van der Waals surface area contributed by atoms with Gasteiger partial charge in [-0.3, -0.25) is 4.79 Å². The van der Waals surface area contributed by atoms with E-state index in [1.165, 1.54) is 5.56 Å². The summed E-state index contributed by atoms with van der Waals surface area (Å²) in [6.07, 6.45) is 4.74. The highest BCUT2D eigenvalue weighted by atomic mass is 16.3. The zero-order valence-electron chi connectivity index (χ0n) is 11.9. The number of amides is 1. The van der Waals surface area contributed by atoms with Crippen molar-refractivity contribution >= 4 is 5.91 Å². The summed E-state index contributed by atoms with van der Waals surface area (Å²) < 4.78 is 0. The first-order valence-electron chi connectivity index (χ1n) is 7.37. The van der Waals surface area contributed by atoms with Crippen LogP contribution in [0.4, 0.5) is 0 Å². The molecule has 21 heavy (non-hydrogen) atoms. The lowest BCUT2D eigenvalue weighted by atomic mass is 9.79. The average Bonchev–Trinajstić information content (AvgIpc) is 2.99. The second-order valence-electron chi connectivity index (χ2n) is 5.69.